The molecule has 0 aliphatic rings. The number of benzene rings is 1. The normalized spacial score (nSPS) is 10.8. The average molecular weight is 250 g/mol. The van der Waals surface area contributed by atoms with Gasteiger partial charge in [0.25, 0.3) is 0 Å². The number of aromatic nitrogens is 2. The summed E-state index contributed by atoms with van der Waals surface area (Å²) in [6.07, 6.45) is 0. The molecule has 0 amide bonds. The second kappa shape index (κ2) is 4.90. The van der Waals surface area contributed by atoms with Crippen LogP contribution in [0.4, 0.5) is 0 Å². The van der Waals surface area contributed by atoms with Crippen molar-refractivity contribution in [1.29, 1.82) is 0 Å². The van der Waals surface area contributed by atoms with Crippen molar-refractivity contribution in [3.63, 3.8) is 0 Å². The fraction of sp³-hybridized carbons (Fsp3) is 0.308. The number of rotatable bonds is 3. The van der Waals surface area contributed by atoms with Crippen LogP contribution < -0.4 is 5.32 Å². The quantitative estimate of drug-likeness (QED) is 0.907. The van der Waals surface area contributed by atoms with Crippen molar-refractivity contribution >= 4 is 11.6 Å². The molecule has 90 valence electrons. The highest BCUT2D eigenvalue weighted by Gasteiger charge is 2.11. The fourth-order valence-electron chi connectivity index (χ4n) is 1.83. The van der Waals surface area contributed by atoms with E-state index in [0.717, 1.165) is 34.3 Å². The Morgan fingerprint density at radius 3 is 2.53 bits per heavy atom. The number of nitrogens with zero attached hydrogens (tertiary/aromatic N) is 2. The van der Waals surface area contributed by atoms with E-state index in [9.17, 15) is 0 Å². The maximum atomic E-state index is 5.89. The van der Waals surface area contributed by atoms with Gasteiger partial charge in [-0.15, -0.1) is 0 Å². The number of hydrogen-bond donors (Lipinski definition) is 1. The third kappa shape index (κ3) is 2.35. The lowest BCUT2D eigenvalue weighted by Gasteiger charge is -2.01. The number of imidazole rings is 1. The van der Waals surface area contributed by atoms with Gasteiger partial charge in [0, 0.05) is 23.3 Å². The summed E-state index contributed by atoms with van der Waals surface area (Å²) in [5, 5.41) is 3.87. The Labute approximate surface area is 106 Å². The van der Waals surface area contributed by atoms with Crippen LogP contribution >= 0.6 is 11.6 Å². The van der Waals surface area contributed by atoms with Gasteiger partial charge in [-0.2, -0.15) is 0 Å². The Balaban J connectivity index is 2.45. The molecule has 0 aliphatic carbocycles. The van der Waals surface area contributed by atoms with Gasteiger partial charge in [-0.25, -0.2) is 4.98 Å². The first-order valence-corrected chi connectivity index (χ1v) is 5.94. The summed E-state index contributed by atoms with van der Waals surface area (Å²) in [6.45, 7) is 2.85. The van der Waals surface area contributed by atoms with E-state index in [1.807, 2.05) is 38.4 Å². The molecule has 0 atom stereocenters. The summed E-state index contributed by atoms with van der Waals surface area (Å²) in [4.78, 5) is 4.66. The molecule has 4 heteroatoms. The molecule has 0 aliphatic heterocycles. The molecular formula is C13H16ClN3. The fourth-order valence-corrected chi connectivity index (χ4v) is 1.96. The van der Waals surface area contributed by atoms with E-state index in [0.29, 0.717) is 0 Å². The lowest BCUT2D eigenvalue weighted by Crippen LogP contribution is -2.10. The molecule has 3 nitrogen and oxygen atoms in total. The SMILES string of the molecule is CNCc1nc(-c2ccc(Cl)cc2)c(C)n1C. The third-order valence-corrected chi connectivity index (χ3v) is 3.18. The minimum atomic E-state index is 0.748. The van der Waals surface area contributed by atoms with Crippen LogP contribution in [-0.4, -0.2) is 16.6 Å². The van der Waals surface area contributed by atoms with Crippen LogP contribution in [0.3, 0.4) is 0 Å². The minimum Gasteiger partial charge on any atom is -0.334 e. The van der Waals surface area contributed by atoms with Crippen LogP contribution in [0.25, 0.3) is 11.3 Å². The Hall–Kier alpha value is -1.32. The molecule has 17 heavy (non-hydrogen) atoms. The van der Waals surface area contributed by atoms with Gasteiger partial charge in [0.2, 0.25) is 0 Å². The van der Waals surface area contributed by atoms with Gasteiger partial charge in [-0.1, -0.05) is 23.7 Å². The van der Waals surface area contributed by atoms with E-state index in [4.69, 9.17) is 11.6 Å². The van der Waals surface area contributed by atoms with Gasteiger partial charge in [0.15, 0.2) is 0 Å². The first-order valence-electron chi connectivity index (χ1n) is 5.56. The van der Waals surface area contributed by atoms with Crippen molar-refractivity contribution in [1.82, 2.24) is 14.9 Å². The van der Waals surface area contributed by atoms with Crippen molar-refractivity contribution in [2.45, 2.75) is 13.5 Å². The Morgan fingerprint density at radius 2 is 1.94 bits per heavy atom. The van der Waals surface area contributed by atoms with Gasteiger partial charge in [0.1, 0.15) is 5.82 Å². The zero-order valence-corrected chi connectivity index (χ0v) is 11.0. The first-order chi connectivity index (χ1) is 8.13. The van der Waals surface area contributed by atoms with Crippen molar-refractivity contribution < 1.29 is 0 Å². The van der Waals surface area contributed by atoms with E-state index in [2.05, 4.69) is 21.8 Å². The molecule has 2 aromatic rings. The Kier molecular flexibility index (Phi) is 3.50. The van der Waals surface area contributed by atoms with E-state index in [1.54, 1.807) is 0 Å². The number of nitrogens with one attached hydrogen (secondary N) is 1. The van der Waals surface area contributed by atoms with Crippen molar-refractivity contribution in [2.75, 3.05) is 7.05 Å². The molecule has 0 bridgehead atoms. The summed E-state index contributed by atoms with van der Waals surface area (Å²) in [7, 11) is 3.96. The Morgan fingerprint density at radius 1 is 1.29 bits per heavy atom. The van der Waals surface area contributed by atoms with Gasteiger partial charge in [0.05, 0.1) is 12.2 Å². The number of halogens is 1. The lowest BCUT2D eigenvalue weighted by molar-refractivity contribution is 0.701. The molecule has 1 aromatic heterocycles. The minimum absolute atomic E-state index is 0.748. The summed E-state index contributed by atoms with van der Waals surface area (Å²) in [5.74, 6) is 1.04. The largest absolute Gasteiger partial charge is 0.334 e. The van der Waals surface area contributed by atoms with Crippen molar-refractivity contribution in [3.8, 4) is 11.3 Å². The predicted octanol–water partition coefficient (Wildman–Crippen LogP) is 2.77. The molecule has 1 heterocycles. The zero-order chi connectivity index (χ0) is 12.4. The molecule has 1 aromatic carbocycles. The second-order valence-corrected chi connectivity index (χ2v) is 4.49. The number of hydrogen-bond acceptors (Lipinski definition) is 2. The molecule has 0 saturated carbocycles. The summed E-state index contributed by atoms with van der Waals surface area (Å²) in [5.41, 5.74) is 3.29. The topological polar surface area (TPSA) is 29.9 Å². The molecule has 0 unspecified atom stereocenters. The van der Waals surface area contributed by atoms with Crippen LogP contribution in [0.1, 0.15) is 11.5 Å². The maximum absolute atomic E-state index is 5.89. The summed E-state index contributed by atoms with van der Waals surface area (Å²) >= 11 is 5.89. The molecule has 1 N–H and O–H groups in total. The van der Waals surface area contributed by atoms with Gasteiger partial charge >= 0.3 is 0 Å². The second-order valence-electron chi connectivity index (χ2n) is 4.06. The van der Waals surface area contributed by atoms with Crippen LogP contribution in [0, 0.1) is 6.92 Å². The van der Waals surface area contributed by atoms with Crippen molar-refractivity contribution in [3.05, 3.63) is 40.8 Å². The highest BCUT2D eigenvalue weighted by molar-refractivity contribution is 6.30. The van der Waals surface area contributed by atoms with E-state index in [-0.39, 0.29) is 0 Å². The van der Waals surface area contributed by atoms with E-state index < -0.39 is 0 Å². The molecule has 0 spiro atoms. The smallest absolute Gasteiger partial charge is 0.123 e. The van der Waals surface area contributed by atoms with Gasteiger partial charge < -0.3 is 9.88 Å². The Bertz CT molecular complexity index is 514. The molecule has 0 radical (unpaired) electrons. The van der Waals surface area contributed by atoms with Crippen molar-refractivity contribution in [2.24, 2.45) is 7.05 Å². The van der Waals surface area contributed by atoms with Crippen LogP contribution in [-0.2, 0) is 13.6 Å². The van der Waals surface area contributed by atoms with E-state index in [1.165, 1.54) is 0 Å². The molecule has 0 fully saturated rings. The average Bonchev–Trinajstić information content (AvgIpc) is 2.59. The lowest BCUT2D eigenvalue weighted by atomic mass is 10.1. The summed E-state index contributed by atoms with van der Waals surface area (Å²) in [6, 6.07) is 7.78. The highest BCUT2D eigenvalue weighted by Crippen LogP contribution is 2.24. The third-order valence-electron chi connectivity index (χ3n) is 2.93. The molecular weight excluding hydrogens is 234 g/mol. The monoisotopic (exact) mass is 249 g/mol. The van der Waals surface area contributed by atoms with E-state index >= 15 is 0 Å². The van der Waals surface area contributed by atoms with Crippen LogP contribution in [0.15, 0.2) is 24.3 Å². The van der Waals surface area contributed by atoms with Crippen LogP contribution in [0.2, 0.25) is 5.02 Å². The maximum Gasteiger partial charge on any atom is 0.123 e. The predicted molar refractivity (Wildman–Crippen MR) is 71.2 cm³/mol. The standard InChI is InChI=1S/C13H16ClN3/c1-9-13(10-4-6-11(14)7-5-10)16-12(8-15-2)17(9)3/h4-7,15H,8H2,1-3H3. The first kappa shape index (κ1) is 12.1. The highest BCUT2D eigenvalue weighted by atomic mass is 35.5. The van der Waals surface area contributed by atoms with Gasteiger partial charge in [-0.05, 0) is 26.1 Å². The molecule has 0 saturated heterocycles. The van der Waals surface area contributed by atoms with Gasteiger partial charge in [-0.3, -0.25) is 0 Å². The molecule has 2 rings (SSSR count). The summed E-state index contributed by atoms with van der Waals surface area (Å²) < 4.78 is 2.11. The van der Waals surface area contributed by atoms with Crippen LogP contribution in [0.5, 0.6) is 0 Å². The zero-order valence-electron chi connectivity index (χ0n) is 10.3.